The van der Waals surface area contributed by atoms with Crippen LogP contribution in [0.1, 0.15) is 23.5 Å². The lowest BCUT2D eigenvalue weighted by Gasteiger charge is -2.07. The Kier molecular flexibility index (Phi) is 5.78. The quantitative estimate of drug-likeness (QED) is 0.659. The summed E-state index contributed by atoms with van der Waals surface area (Å²) in [5.41, 5.74) is 2.54. The molecule has 4 rings (SSSR count). The molecule has 0 amide bonds. The molecular formula is C20H20N4O3S. The smallest absolute Gasteiger partial charge is 0.268 e. The van der Waals surface area contributed by atoms with E-state index in [1.165, 1.54) is 16.1 Å². The maximum absolute atomic E-state index is 13.2. The first-order valence-corrected chi connectivity index (χ1v) is 10.1. The number of benzene rings is 1. The van der Waals surface area contributed by atoms with Gasteiger partial charge in [-0.05, 0) is 43.3 Å². The zero-order chi connectivity index (χ0) is 20.1. The zero-order valence-electron chi connectivity index (χ0n) is 15.1. The number of aromatic nitrogens is 2. The Balaban J connectivity index is 0.000000706. The molecule has 2 N–H and O–H groups in total. The van der Waals surface area contributed by atoms with Crippen LogP contribution in [0.2, 0.25) is 0 Å². The molecule has 0 spiro atoms. The van der Waals surface area contributed by atoms with Gasteiger partial charge in [0, 0.05) is 30.4 Å². The van der Waals surface area contributed by atoms with Crippen molar-refractivity contribution in [1.82, 2.24) is 14.3 Å². The van der Waals surface area contributed by atoms with E-state index in [4.69, 9.17) is 10.4 Å². The van der Waals surface area contributed by atoms with Gasteiger partial charge in [0.1, 0.15) is 0 Å². The predicted octanol–water partition coefficient (Wildman–Crippen LogP) is 2.91. The minimum absolute atomic E-state index is 0.100. The number of nitrogens with one attached hydrogen (secondary N) is 1. The summed E-state index contributed by atoms with van der Waals surface area (Å²) in [7, 11) is -3.80. The molecule has 0 saturated carbocycles. The van der Waals surface area contributed by atoms with Gasteiger partial charge in [-0.15, -0.1) is 0 Å². The molecule has 0 bridgehead atoms. The lowest BCUT2D eigenvalue weighted by atomic mass is 10.0. The Morgan fingerprint density at radius 3 is 2.82 bits per heavy atom. The Hall–Kier alpha value is -3.15. The molecule has 1 aliphatic heterocycles. The van der Waals surface area contributed by atoms with Crippen LogP contribution in [0.3, 0.4) is 0 Å². The Morgan fingerprint density at radius 1 is 1.36 bits per heavy atom. The second-order valence-corrected chi connectivity index (χ2v) is 8.08. The van der Waals surface area contributed by atoms with Crippen molar-refractivity contribution in [2.45, 2.75) is 17.2 Å². The fourth-order valence-corrected chi connectivity index (χ4v) is 4.72. The molecule has 144 valence electrons. The van der Waals surface area contributed by atoms with Crippen molar-refractivity contribution in [3.8, 4) is 6.07 Å². The highest BCUT2D eigenvalue weighted by Crippen LogP contribution is 2.32. The Labute approximate surface area is 163 Å². The standard InChI is InChI=1S/C18H16N4O2S.C2H4O/c19-10-13-3-1-4-15(9-13)25(23,24)22-12-16(14-6-8-20-11-14)18-17(22)5-2-7-21-18;1-2-3/h1-5,7,9,12,14,20H,6,8,11H2;2-3H,1H2. The molecule has 28 heavy (non-hydrogen) atoms. The summed E-state index contributed by atoms with van der Waals surface area (Å²) < 4.78 is 27.6. The summed E-state index contributed by atoms with van der Waals surface area (Å²) in [4.78, 5) is 4.52. The van der Waals surface area contributed by atoms with Gasteiger partial charge in [-0.2, -0.15) is 5.26 Å². The van der Waals surface area contributed by atoms with Crippen LogP contribution in [0.4, 0.5) is 0 Å². The maximum atomic E-state index is 13.2. The molecule has 1 fully saturated rings. The lowest BCUT2D eigenvalue weighted by molar-refractivity contribution is 0.476. The molecule has 1 atom stereocenters. The topological polar surface area (TPSA) is 108 Å². The van der Waals surface area contributed by atoms with Crippen LogP contribution >= 0.6 is 0 Å². The molecule has 1 unspecified atom stereocenters. The van der Waals surface area contributed by atoms with Crippen molar-refractivity contribution >= 4 is 21.1 Å². The first kappa shape index (κ1) is 19.6. The molecule has 7 nitrogen and oxygen atoms in total. The molecule has 3 heterocycles. The van der Waals surface area contributed by atoms with Crippen LogP contribution in [-0.2, 0) is 10.0 Å². The summed E-state index contributed by atoms with van der Waals surface area (Å²) in [6.45, 7) is 4.65. The largest absolute Gasteiger partial charge is 0.516 e. The van der Waals surface area contributed by atoms with Crippen molar-refractivity contribution in [3.63, 3.8) is 0 Å². The van der Waals surface area contributed by atoms with Gasteiger partial charge in [0.25, 0.3) is 10.0 Å². The predicted molar refractivity (Wildman–Crippen MR) is 107 cm³/mol. The number of hydrogen-bond donors (Lipinski definition) is 2. The summed E-state index contributed by atoms with van der Waals surface area (Å²) in [6.07, 6.45) is 5.07. The number of nitrogens with zero attached hydrogens (tertiary/aromatic N) is 3. The highest BCUT2D eigenvalue weighted by Gasteiger charge is 2.26. The first-order valence-electron chi connectivity index (χ1n) is 8.70. The number of fused-ring (bicyclic) bond motifs is 1. The Morgan fingerprint density at radius 2 is 2.14 bits per heavy atom. The van der Waals surface area contributed by atoms with Crippen LogP contribution in [0.25, 0.3) is 11.0 Å². The van der Waals surface area contributed by atoms with Crippen molar-refractivity contribution in [2.75, 3.05) is 13.1 Å². The molecule has 1 aromatic carbocycles. The SMILES string of the molecule is C=CO.N#Cc1cccc(S(=O)(=O)n2cc(C3CCNC3)c3ncccc32)c1. The molecule has 3 aromatic rings. The molecule has 0 radical (unpaired) electrons. The van der Waals surface area contributed by atoms with E-state index in [0.717, 1.165) is 36.9 Å². The van der Waals surface area contributed by atoms with Crippen LogP contribution in [0.5, 0.6) is 0 Å². The van der Waals surface area contributed by atoms with Gasteiger partial charge in [-0.1, -0.05) is 12.6 Å². The normalized spacial score (nSPS) is 16.2. The van der Waals surface area contributed by atoms with E-state index in [-0.39, 0.29) is 10.8 Å². The van der Waals surface area contributed by atoms with Gasteiger partial charge in [0.15, 0.2) is 0 Å². The van der Waals surface area contributed by atoms with Crippen LogP contribution in [0.15, 0.2) is 66.5 Å². The number of hydrogen-bond acceptors (Lipinski definition) is 6. The molecule has 2 aromatic heterocycles. The fraction of sp³-hybridized carbons (Fsp3) is 0.200. The number of aliphatic hydroxyl groups excluding tert-OH is 1. The van der Waals surface area contributed by atoms with Crippen molar-refractivity contribution < 1.29 is 13.5 Å². The monoisotopic (exact) mass is 396 g/mol. The number of nitriles is 1. The number of rotatable bonds is 3. The second-order valence-electron chi connectivity index (χ2n) is 6.27. The minimum Gasteiger partial charge on any atom is -0.516 e. The van der Waals surface area contributed by atoms with Crippen LogP contribution in [-0.4, -0.2) is 35.6 Å². The average Bonchev–Trinajstić information content (AvgIpc) is 3.36. The van der Waals surface area contributed by atoms with E-state index >= 15 is 0 Å². The summed E-state index contributed by atoms with van der Waals surface area (Å²) in [5, 5.41) is 19.7. The van der Waals surface area contributed by atoms with Gasteiger partial charge in [0.2, 0.25) is 0 Å². The molecule has 1 saturated heterocycles. The third-order valence-corrected chi connectivity index (χ3v) is 6.24. The van der Waals surface area contributed by atoms with Gasteiger partial charge < -0.3 is 10.4 Å². The summed E-state index contributed by atoms with van der Waals surface area (Å²) >= 11 is 0. The van der Waals surface area contributed by atoms with Gasteiger partial charge in [-0.25, -0.2) is 12.4 Å². The highest BCUT2D eigenvalue weighted by molar-refractivity contribution is 7.90. The second kappa shape index (κ2) is 8.25. The van der Waals surface area contributed by atoms with Crippen molar-refractivity contribution in [2.24, 2.45) is 0 Å². The summed E-state index contributed by atoms with van der Waals surface area (Å²) in [5.74, 6) is 0.249. The van der Waals surface area contributed by atoms with E-state index in [1.807, 2.05) is 6.07 Å². The maximum Gasteiger partial charge on any atom is 0.268 e. The van der Waals surface area contributed by atoms with Crippen LogP contribution in [0, 0.1) is 11.3 Å². The number of aliphatic hydroxyl groups is 1. The summed E-state index contributed by atoms with van der Waals surface area (Å²) in [6, 6.07) is 11.6. The lowest BCUT2D eigenvalue weighted by Crippen LogP contribution is -2.12. The van der Waals surface area contributed by atoms with Gasteiger partial charge in [0.05, 0.1) is 33.8 Å². The number of pyridine rings is 1. The van der Waals surface area contributed by atoms with Gasteiger partial charge in [-0.3, -0.25) is 4.98 Å². The van der Waals surface area contributed by atoms with E-state index in [0.29, 0.717) is 11.1 Å². The van der Waals surface area contributed by atoms with E-state index < -0.39 is 10.0 Å². The molecular weight excluding hydrogens is 376 g/mol. The zero-order valence-corrected chi connectivity index (χ0v) is 15.9. The van der Waals surface area contributed by atoms with E-state index in [1.54, 1.807) is 36.7 Å². The molecule has 1 aliphatic rings. The van der Waals surface area contributed by atoms with Gasteiger partial charge >= 0.3 is 0 Å². The van der Waals surface area contributed by atoms with Crippen molar-refractivity contribution in [3.05, 3.63) is 72.8 Å². The fourth-order valence-electron chi connectivity index (χ4n) is 3.31. The average molecular weight is 396 g/mol. The van der Waals surface area contributed by atoms with E-state index in [2.05, 4.69) is 16.9 Å². The highest BCUT2D eigenvalue weighted by atomic mass is 32.2. The first-order chi connectivity index (χ1) is 13.5. The van der Waals surface area contributed by atoms with Crippen molar-refractivity contribution in [1.29, 1.82) is 5.26 Å². The minimum atomic E-state index is -3.80. The third-order valence-electron chi connectivity index (χ3n) is 4.57. The molecule has 8 heteroatoms. The van der Waals surface area contributed by atoms with Crippen LogP contribution < -0.4 is 5.32 Å². The third kappa shape index (κ3) is 3.63. The van der Waals surface area contributed by atoms with E-state index in [9.17, 15) is 8.42 Å². The Bertz CT molecular complexity index is 1140. The molecule has 0 aliphatic carbocycles.